The molecule has 0 radical (unpaired) electrons. The van der Waals surface area contributed by atoms with Crippen molar-refractivity contribution < 1.29 is 18.0 Å². The number of rotatable bonds is 2. The van der Waals surface area contributed by atoms with E-state index >= 15 is 0 Å². The van der Waals surface area contributed by atoms with Crippen molar-refractivity contribution in [3.63, 3.8) is 0 Å². The van der Waals surface area contributed by atoms with Gasteiger partial charge in [0.1, 0.15) is 5.82 Å². The number of aromatic nitrogens is 2. The average Bonchev–Trinajstić information content (AvgIpc) is 3.11. The van der Waals surface area contributed by atoms with Gasteiger partial charge in [0.2, 0.25) is 0 Å². The van der Waals surface area contributed by atoms with Crippen molar-refractivity contribution in [3.05, 3.63) is 47.2 Å². The molecule has 1 aromatic carbocycles. The largest absolute Gasteiger partial charge is 0.410 e. The molecule has 0 bridgehead atoms. The highest BCUT2D eigenvalue weighted by Gasteiger charge is 2.47. The van der Waals surface area contributed by atoms with Crippen molar-refractivity contribution in [1.82, 2.24) is 14.7 Å². The Morgan fingerprint density at radius 3 is 2.46 bits per heavy atom. The Labute approximate surface area is 161 Å². The third-order valence-corrected chi connectivity index (χ3v) is 5.53. The maximum atomic E-state index is 13.8. The Hall–Kier alpha value is -2.51. The Bertz CT molecular complexity index is 853. The molecule has 1 N–H and O–H groups in total. The zero-order chi connectivity index (χ0) is 19.9. The second-order valence-corrected chi connectivity index (χ2v) is 7.61. The molecule has 2 aliphatic rings. The van der Waals surface area contributed by atoms with Gasteiger partial charge in [-0.25, -0.2) is 4.68 Å². The summed E-state index contributed by atoms with van der Waals surface area (Å²) < 4.78 is 42.2. The molecule has 150 valence electrons. The summed E-state index contributed by atoms with van der Waals surface area (Å²) in [7, 11) is 0. The van der Waals surface area contributed by atoms with E-state index in [2.05, 4.69) is 10.4 Å². The summed E-state index contributed by atoms with van der Waals surface area (Å²) in [6.07, 6.45) is -1.72. The van der Waals surface area contributed by atoms with Gasteiger partial charge >= 0.3 is 6.18 Å². The number of amides is 1. The highest BCUT2D eigenvalue weighted by Crippen LogP contribution is 2.43. The summed E-state index contributed by atoms with van der Waals surface area (Å²) >= 11 is 0. The zero-order valence-corrected chi connectivity index (χ0v) is 15.7. The molecule has 8 heteroatoms. The minimum Gasteiger partial charge on any atom is -0.363 e. The van der Waals surface area contributed by atoms with Crippen molar-refractivity contribution in [2.24, 2.45) is 0 Å². The quantitative estimate of drug-likeness (QED) is 0.820. The van der Waals surface area contributed by atoms with Crippen LogP contribution in [0.3, 0.4) is 0 Å². The van der Waals surface area contributed by atoms with Gasteiger partial charge in [0.25, 0.3) is 5.91 Å². The molecule has 0 aliphatic carbocycles. The number of carbonyl (C=O) groups excluding carboxylic acids is 1. The first-order valence-corrected chi connectivity index (χ1v) is 9.61. The van der Waals surface area contributed by atoms with Crippen LogP contribution in [0.15, 0.2) is 30.3 Å². The van der Waals surface area contributed by atoms with Gasteiger partial charge in [-0.2, -0.15) is 18.3 Å². The van der Waals surface area contributed by atoms with Crippen LogP contribution in [0, 0.1) is 6.92 Å². The Morgan fingerprint density at radius 1 is 1.14 bits per heavy atom. The third-order valence-electron chi connectivity index (χ3n) is 5.53. The van der Waals surface area contributed by atoms with Gasteiger partial charge in [0.05, 0.1) is 6.04 Å². The Kier molecular flexibility index (Phi) is 4.81. The van der Waals surface area contributed by atoms with E-state index in [1.165, 1.54) is 6.07 Å². The topological polar surface area (TPSA) is 50.2 Å². The number of nitrogens with one attached hydrogen (secondary N) is 1. The molecular weight excluding hydrogens is 369 g/mol. The fourth-order valence-electron chi connectivity index (χ4n) is 3.95. The molecule has 4 rings (SSSR count). The minimum absolute atomic E-state index is 0.0724. The summed E-state index contributed by atoms with van der Waals surface area (Å²) in [6.45, 7) is 3.19. The van der Waals surface area contributed by atoms with Crippen molar-refractivity contribution in [1.29, 1.82) is 0 Å². The monoisotopic (exact) mass is 392 g/mol. The van der Waals surface area contributed by atoms with Crippen LogP contribution in [-0.2, 0) is 0 Å². The van der Waals surface area contributed by atoms with E-state index in [4.69, 9.17) is 0 Å². The number of aryl methyl sites for hydroxylation is 1. The number of hydrogen-bond acceptors (Lipinski definition) is 3. The average molecular weight is 392 g/mol. The van der Waals surface area contributed by atoms with Gasteiger partial charge < -0.3 is 10.2 Å². The molecule has 2 aromatic rings. The number of nitrogens with zero attached hydrogens (tertiary/aromatic N) is 3. The van der Waals surface area contributed by atoms with E-state index in [0.29, 0.717) is 13.1 Å². The van der Waals surface area contributed by atoms with Crippen LogP contribution in [0.2, 0.25) is 0 Å². The molecule has 1 saturated heterocycles. The zero-order valence-electron chi connectivity index (χ0n) is 15.7. The maximum absolute atomic E-state index is 13.8. The number of hydrogen-bond donors (Lipinski definition) is 1. The number of alkyl halides is 3. The van der Waals surface area contributed by atoms with E-state index in [1.807, 2.05) is 31.2 Å². The molecule has 1 aromatic heterocycles. The molecule has 3 heterocycles. The molecule has 1 amide bonds. The lowest BCUT2D eigenvalue weighted by atomic mass is 9.96. The van der Waals surface area contributed by atoms with E-state index in [9.17, 15) is 18.0 Å². The molecular formula is C20H23F3N4O. The van der Waals surface area contributed by atoms with Crippen LogP contribution in [0.4, 0.5) is 19.0 Å². The van der Waals surface area contributed by atoms with Crippen LogP contribution < -0.4 is 5.32 Å². The van der Waals surface area contributed by atoms with E-state index < -0.39 is 18.3 Å². The maximum Gasteiger partial charge on any atom is 0.410 e. The van der Waals surface area contributed by atoms with Crippen LogP contribution in [0.25, 0.3) is 0 Å². The van der Waals surface area contributed by atoms with Gasteiger partial charge in [-0.05, 0) is 31.7 Å². The lowest BCUT2D eigenvalue weighted by Crippen LogP contribution is -2.37. The van der Waals surface area contributed by atoms with Gasteiger partial charge in [-0.1, -0.05) is 29.8 Å². The number of benzene rings is 1. The second-order valence-electron chi connectivity index (χ2n) is 7.61. The summed E-state index contributed by atoms with van der Waals surface area (Å²) in [5.41, 5.74) is 1.91. The fourth-order valence-corrected chi connectivity index (χ4v) is 3.95. The van der Waals surface area contributed by atoms with Crippen molar-refractivity contribution >= 4 is 11.7 Å². The molecule has 5 nitrogen and oxygen atoms in total. The Balaban J connectivity index is 1.65. The number of halogens is 3. The Morgan fingerprint density at radius 2 is 1.82 bits per heavy atom. The van der Waals surface area contributed by atoms with E-state index in [1.54, 1.807) is 4.90 Å². The van der Waals surface area contributed by atoms with Crippen molar-refractivity contribution in [3.8, 4) is 0 Å². The highest BCUT2D eigenvalue weighted by atomic mass is 19.4. The first kappa shape index (κ1) is 18.8. The number of carbonyl (C=O) groups is 1. The molecule has 0 spiro atoms. The first-order chi connectivity index (χ1) is 13.3. The van der Waals surface area contributed by atoms with E-state index in [0.717, 1.165) is 35.1 Å². The van der Waals surface area contributed by atoms with Crippen molar-refractivity contribution in [2.75, 3.05) is 18.4 Å². The van der Waals surface area contributed by atoms with Crippen LogP contribution in [0.1, 0.15) is 59.4 Å². The summed E-state index contributed by atoms with van der Waals surface area (Å²) in [6, 6.07) is 6.65. The lowest BCUT2D eigenvalue weighted by molar-refractivity contribution is -0.173. The predicted octanol–water partition coefficient (Wildman–Crippen LogP) is 4.48. The van der Waals surface area contributed by atoms with Crippen LogP contribution >= 0.6 is 0 Å². The molecule has 0 saturated carbocycles. The molecule has 0 unspecified atom stereocenters. The molecule has 1 fully saturated rings. The van der Waals surface area contributed by atoms with Gasteiger partial charge in [-0.15, -0.1) is 0 Å². The van der Waals surface area contributed by atoms with E-state index in [-0.39, 0.29) is 23.8 Å². The first-order valence-electron chi connectivity index (χ1n) is 9.61. The summed E-state index contributed by atoms with van der Waals surface area (Å²) in [4.78, 5) is 14.4. The standard InChI is InChI=1S/C20H23F3N4O/c1-13-5-7-14(8-6-13)15-11-17(20(21,22)23)27-18(24-15)12-16(25-27)19(28)26-9-3-2-4-10-26/h5-8,12,15,17,24H,2-4,9-11H2,1H3/t15-,17-/m1/s1. The molecule has 28 heavy (non-hydrogen) atoms. The summed E-state index contributed by atoms with van der Waals surface area (Å²) in [5.74, 6) is -0.0595. The number of piperidine rings is 1. The molecule has 2 atom stereocenters. The van der Waals surface area contributed by atoms with Gasteiger partial charge in [0, 0.05) is 25.6 Å². The van der Waals surface area contributed by atoms with Gasteiger partial charge in [-0.3, -0.25) is 4.79 Å². The fraction of sp³-hybridized carbons (Fsp3) is 0.500. The number of fused-ring (bicyclic) bond motifs is 1. The van der Waals surface area contributed by atoms with Crippen molar-refractivity contribution in [2.45, 2.75) is 50.9 Å². The van der Waals surface area contributed by atoms with Crippen LogP contribution in [-0.4, -0.2) is 39.9 Å². The SMILES string of the molecule is Cc1ccc([C@H]2C[C@H](C(F)(F)F)n3nc(C(=O)N4CCCCC4)cc3N2)cc1. The van der Waals surface area contributed by atoms with Gasteiger partial charge in [0.15, 0.2) is 11.7 Å². The third kappa shape index (κ3) is 3.59. The minimum atomic E-state index is -4.45. The lowest BCUT2D eigenvalue weighted by Gasteiger charge is -2.33. The normalized spacial score (nSPS) is 22.5. The second kappa shape index (κ2) is 7.14. The van der Waals surface area contributed by atoms with Crippen LogP contribution in [0.5, 0.6) is 0 Å². The summed E-state index contributed by atoms with van der Waals surface area (Å²) in [5, 5.41) is 7.20. The molecule has 2 aliphatic heterocycles. The highest BCUT2D eigenvalue weighted by molar-refractivity contribution is 5.93. The predicted molar refractivity (Wildman–Crippen MR) is 99.2 cm³/mol. The number of likely N-dealkylation sites (tertiary alicyclic amines) is 1. The number of anilines is 1. The smallest absolute Gasteiger partial charge is 0.363 e.